The summed E-state index contributed by atoms with van der Waals surface area (Å²) in [4.78, 5) is 21.3. The van der Waals surface area contributed by atoms with E-state index in [4.69, 9.17) is 10.2 Å². The van der Waals surface area contributed by atoms with E-state index in [-0.39, 0.29) is 24.8 Å². The summed E-state index contributed by atoms with van der Waals surface area (Å²) in [6.45, 7) is 0. The van der Waals surface area contributed by atoms with Crippen molar-refractivity contribution in [3.05, 3.63) is 0 Å². The van der Waals surface area contributed by atoms with Gasteiger partial charge in [-0.05, 0) is 18.8 Å². The van der Waals surface area contributed by atoms with Gasteiger partial charge in [-0.15, -0.1) is 0 Å². The molecule has 0 aromatic heterocycles. The number of carboxylic acid groups (broad SMARTS) is 2. The third-order valence-electron chi connectivity index (χ3n) is 2.65. The summed E-state index contributed by atoms with van der Waals surface area (Å²) in [6.07, 6.45) is 4.50. The molecule has 4 nitrogen and oxygen atoms in total. The predicted molar refractivity (Wildman–Crippen MR) is 52.5 cm³/mol. The molecule has 0 amide bonds. The second-order valence-corrected chi connectivity index (χ2v) is 3.55. The maximum absolute atomic E-state index is 10.7. The number of hydrogen-bond acceptors (Lipinski definition) is 2. The van der Waals surface area contributed by atoms with Gasteiger partial charge in [-0.25, -0.2) is 0 Å². The first kappa shape index (κ1) is 13.5. The van der Waals surface area contributed by atoms with Crippen LogP contribution in [0.1, 0.15) is 32.1 Å². The number of hydrogen-bond donors (Lipinski definition) is 2. The van der Waals surface area contributed by atoms with Crippen LogP contribution in [0.4, 0.5) is 0 Å². The van der Waals surface area contributed by atoms with Crippen molar-refractivity contribution in [1.29, 1.82) is 0 Å². The van der Waals surface area contributed by atoms with Gasteiger partial charge in [-0.1, -0.05) is 19.3 Å². The topological polar surface area (TPSA) is 74.6 Å². The maximum atomic E-state index is 10.7. The molecule has 0 aliphatic heterocycles. The summed E-state index contributed by atoms with van der Waals surface area (Å²) in [7, 11) is 0. The minimum atomic E-state index is -1.19. The molecule has 0 atom stereocenters. The fourth-order valence-corrected chi connectivity index (χ4v) is 1.98. The molecule has 5 heteroatoms. The second-order valence-electron chi connectivity index (χ2n) is 3.55. The van der Waals surface area contributed by atoms with Crippen molar-refractivity contribution >= 4 is 30.8 Å². The van der Waals surface area contributed by atoms with E-state index < -0.39 is 17.9 Å². The van der Waals surface area contributed by atoms with Crippen molar-refractivity contribution in [1.82, 2.24) is 0 Å². The van der Waals surface area contributed by atoms with Gasteiger partial charge in [0, 0.05) is 0 Å². The molecule has 0 saturated heterocycles. The summed E-state index contributed by atoms with van der Waals surface area (Å²) < 4.78 is 0. The Morgan fingerprint density at radius 3 is 1.79 bits per heavy atom. The van der Waals surface area contributed by atoms with E-state index in [1.165, 1.54) is 0 Å². The summed E-state index contributed by atoms with van der Waals surface area (Å²) in [5, 5.41) is 17.4. The van der Waals surface area contributed by atoms with E-state index in [0.29, 0.717) is 0 Å². The van der Waals surface area contributed by atoms with E-state index in [2.05, 4.69) is 0 Å². The van der Waals surface area contributed by atoms with Crippen LogP contribution in [0.3, 0.4) is 0 Å². The third-order valence-corrected chi connectivity index (χ3v) is 2.65. The van der Waals surface area contributed by atoms with Gasteiger partial charge in [0.05, 0.1) is 0 Å². The number of rotatable bonds is 3. The van der Waals surface area contributed by atoms with Crippen LogP contribution in [0, 0.1) is 11.8 Å². The zero-order valence-corrected chi connectivity index (χ0v) is 7.40. The van der Waals surface area contributed by atoms with Gasteiger partial charge in [-0.3, -0.25) is 9.59 Å². The molecule has 76 valence electrons. The first-order valence-corrected chi connectivity index (χ1v) is 4.58. The van der Waals surface area contributed by atoms with Crippen LogP contribution in [-0.2, 0) is 9.59 Å². The molecule has 1 fully saturated rings. The molecule has 0 aromatic rings. The molecule has 0 unspecified atom stereocenters. The molecular formula is C9H15LiO4. The Hall–Kier alpha value is -0.463. The zero-order chi connectivity index (χ0) is 9.84. The average Bonchev–Trinajstić information content (AvgIpc) is 2.04. The number of carboxylic acids is 2. The quantitative estimate of drug-likeness (QED) is 0.512. The van der Waals surface area contributed by atoms with Gasteiger partial charge in [0.25, 0.3) is 0 Å². The summed E-state index contributed by atoms with van der Waals surface area (Å²) >= 11 is 0. The Morgan fingerprint density at radius 1 is 1.00 bits per heavy atom. The Balaban J connectivity index is 0.00000169. The molecule has 0 aromatic carbocycles. The van der Waals surface area contributed by atoms with E-state index in [9.17, 15) is 9.59 Å². The van der Waals surface area contributed by atoms with Crippen molar-refractivity contribution in [2.24, 2.45) is 11.8 Å². The molecular weight excluding hydrogens is 179 g/mol. The second kappa shape index (κ2) is 6.10. The van der Waals surface area contributed by atoms with E-state index in [1.54, 1.807) is 0 Å². The molecule has 0 heterocycles. The van der Waals surface area contributed by atoms with Crippen LogP contribution < -0.4 is 0 Å². The van der Waals surface area contributed by atoms with E-state index >= 15 is 0 Å². The normalized spacial score (nSPS) is 17.5. The van der Waals surface area contributed by atoms with Crippen molar-refractivity contribution in [3.63, 3.8) is 0 Å². The van der Waals surface area contributed by atoms with Gasteiger partial charge >= 0.3 is 30.8 Å². The van der Waals surface area contributed by atoms with E-state index in [0.717, 1.165) is 32.1 Å². The Kier molecular flexibility index (Phi) is 5.90. The van der Waals surface area contributed by atoms with Gasteiger partial charge in [-0.2, -0.15) is 0 Å². The van der Waals surface area contributed by atoms with Crippen LogP contribution in [0.5, 0.6) is 0 Å². The molecule has 0 bridgehead atoms. The zero-order valence-electron chi connectivity index (χ0n) is 7.40. The van der Waals surface area contributed by atoms with Gasteiger partial charge < -0.3 is 10.2 Å². The molecule has 1 saturated carbocycles. The van der Waals surface area contributed by atoms with Gasteiger partial charge in [0.15, 0.2) is 5.92 Å². The van der Waals surface area contributed by atoms with Crippen LogP contribution in [-0.4, -0.2) is 41.0 Å². The Morgan fingerprint density at radius 2 is 1.43 bits per heavy atom. The van der Waals surface area contributed by atoms with Crippen molar-refractivity contribution < 1.29 is 19.8 Å². The monoisotopic (exact) mass is 194 g/mol. The fourth-order valence-electron chi connectivity index (χ4n) is 1.98. The van der Waals surface area contributed by atoms with Crippen LogP contribution in [0.25, 0.3) is 0 Å². The molecule has 14 heavy (non-hydrogen) atoms. The first-order chi connectivity index (χ1) is 6.13. The predicted octanol–water partition coefficient (Wildman–Crippen LogP) is 0.704. The molecule has 2 N–H and O–H groups in total. The Labute approximate surface area is 94.9 Å². The summed E-state index contributed by atoms with van der Waals surface area (Å²) in [5.74, 6) is -3.75. The van der Waals surface area contributed by atoms with E-state index in [1.807, 2.05) is 0 Å². The summed E-state index contributed by atoms with van der Waals surface area (Å²) in [6, 6.07) is 0. The third kappa shape index (κ3) is 3.36. The summed E-state index contributed by atoms with van der Waals surface area (Å²) in [5.41, 5.74) is 0. The molecule has 1 aliphatic rings. The molecule has 0 radical (unpaired) electrons. The molecule has 0 spiro atoms. The van der Waals surface area contributed by atoms with Crippen molar-refractivity contribution in [2.75, 3.05) is 0 Å². The molecule has 1 aliphatic carbocycles. The average molecular weight is 194 g/mol. The van der Waals surface area contributed by atoms with Gasteiger partial charge in [0.1, 0.15) is 0 Å². The minimum absolute atomic E-state index is 0. The fraction of sp³-hybridized carbons (Fsp3) is 0.778. The van der Waals surface area contributed by atoms with Crippen molar-refractivity contribution in [2.45, 2.75) is 32.1 Å². The molecule has 1 rings (SSSR count). The first-order valence-electron chi connectivity index (χ1n) is 4.58. The Bertz CT molecular complexity index is 197. The van der Waals surface area contributed by atoms with Crippen LogP contribution in [0.15, 0.2) is 0 Å². The standard InChI is InChI=1S/C9H14O4.Li.H/c10-8(11)7(9(12)13)6-4-2-1-3-5-6;;/h6-7H,1-5H2,(H,10,11)(H,12,13);;. The van der Waals surface area contributed by atoms with Crippen LogP contribution in [0.2, 0.25) is 0 Å². The number of carbonyl (C=O) groups is 2. The van der Waals surface area contributed by atoms with Gasteiger partial charge in [0.2, 0.25) is 0 Å². The number of aliphatic carboxylic acids is 2. The van der Waals surface area contributed by atoms with Crippen LogP contribution >= 0.6 is 0 Å². The SMILES string of the molecule is O=C(O)C(C(=O)O)C1CCCCC1.[LiH]. The van der Waals surface area contributed by atoms with Crippen molar-refractivity contribution in [3.8, 4) is 0 Å².